The van der Waals surface area contributed by atoms with Crippen molar-refractivity contribution in [3.63, 3.8) is 0 Å². The topological polar surface area (TPSA) is 63.7 Å². The van der Waals surface area contributed by atoms with Crippen LogP contribution in [-0.2, 0) is 9.47 Å². The molecule has 7 heteroatoms. The van der Waals surface area contributed by atoms with Crippen LogP contribution < -0.4 is 5.32 Å². The number of carbonyl (C=O) groups excluding carboxylic acids is 1. The van der Waals surface area contributed by atoms with E-state index in [0.29, 0.717) is 11.4 Å². The second-order valence-electron chi connectivity index (χ2n) is 4.29. The molecule has 0 amide bonds. The van der Waals surface area contributed by atoms with Crippen LogP contribution in [0.25, 0.3) is 0 Å². The summed E-state index contributed by atoms with van der Waals surface area (Å²) < 4.78 is 10.3. The highest BCUT2D eigenvalue weighted by molar-refractivity contribution is 7.17. The van der Waals surface area contributed by atoms with E-state index in [1.165, 1.54) is 24.6 Å². The highest BCUT2D eigenvalue weighted by atomic mass is 32.1. The smallest absolute Gasteiger partial charge is 0.349 e. The first kappa shape index (κ1) is 14.2. The summed E-state index contributed by atoms with van der Waals surface area (Å²) in [5.74, 6) is -0.350. The van der Waals surface area contributed by atoms with Gasteiger partial charge in [0.15, 0.2) is 5.13 Å². The quantitative estimate of drug-likeness (QED) is 0.816. The molecule has 1 aliphatic rings. The number of hydrogen-bond acceptors (Lipinski definition) is 7. The molecule has 0 saturated carbocycles. The van der Waals surface area contributed by atoms with Crippen LogP contribution in [0.4, 0.5) is 5.13 Å². The standard InChI is InChI=1S/C12H19N3O3S/c1-3-15-4-5-18-9(8-15)6-13-12-14-7-10(19-12)11(16)17-2/h7,9H,3-6,8H2,1-2H3,(H,13,14). The van der Waals surface area contributed by atoms with Gasteiger partial charge < -0.3 is 14.8 Å². The molecule has 1 N–H and O–H groups in total. The zero-order valence-corrected chi connectivity index (χ0v) is 12.0. The van der Waals surface area contributed by atoms with Crippen molar-refractivity contribution < 1.29 is 14.3 Å². The van der Waals surface area contributed by atoms with E-state index in [-0.39, 0.29) is 12.1 Å². The number of aromatic nitrogens is 1. The van der Waals surface area contributed by atoms with E-state index in [9.17, 15) is 4.79 Å². The van der Waals surface area contributed by atoms with E-state index in [0.717, 1.165) is 31.4 Å². The third kappa shape index (κ3) is 3.89. The second kappa shape index (κ2) is 6.83. The zero-order chi connectivity index (χ0) is 13.7. The molecule has 0 aliphatic carbocycles. The summed E-state index contributed by atoms with van der Waals surface area (Å²) in [7, 11) is 1.37. The molecule has 0 bridgehead atoms. The van der Waals surface area contributed by atoms with E-state index in [4.69, 9.17) is 4.74 Å². The summed E-state index contributed by atoms with van der Waals surface area (Å²) in [6, 6.07) is 0. The first-order chi connectivity index (χ1) is 9.22. The lowest BCUT2D eigenvalue weighted by molar-refractivity contribution is -0.0191. The number of hydrogen-bond donors (Lipinski definition) is 1. The number of ether oxygens (including phenoxy) is 2. The predicted octanol–water partition coefficient (Wildman–Crippen LogP) is 1.06. The number of nitrogens with zero attached hydrogens (tertiary/aromatic N) is 2. The molecular formula is C12H19N3O3S. The average Bonchev–Trinajstić information content (AvgIpc) is 2.93. The fraction of sp³-hybridized carbons (Fsp3) is 0.667. The fourth-order valence-electron chi connectivity index (χ4n) is 1.94. The Balaban J connectivity index is 1.81. The average molecular weight is 285 g/mol. The molecule has 1 aromatic rings. The van der Waals surface area contributed by atoms with Crippen molar-refractivity contribution in [3.8, 4) is 0 Å². The van der Waals surface area contributed by atoms with Gasteiger partial charge in [0.25, 0.3) is 0 Å². The van der Waals surface area contributed by atoms with Crippen LogP contribution in [0.15, 0.2) is 6.20 Å². The molecule has 1 fully saturated rings. The molecule has 0 aromatic carbocycles. The summed E-state index contributed by atoms with van der Waals surface area (Å²) >= 11 is 1.29. The molecule has 1 aliphatic heterocycles. The summed E-state index contributed by atoms with van der Waals surface area (Å²) in [6.07, 6.45) is 1.69. The van der Waals surface area contributed by atoms with Crippen molar-refractivity contribution in [2.45, 2.75) is 13.0 Å². The highest BCUT2D eigenvalue weighted by Gasteiger charge is 2.19. The van der Waals surface area contributed by atoms with E-state index >= 15 is 0 Å². The molecule has 0 radical (unpaired) electrons. The summed E-state index contributed by atoms with van der Waals surface area (Å²) in [6.45, 7) is 6.59. The Morgan fingerprint density at radius 2 is 2.58 bits per heavy atom. The lowest BCUT2D eigenvalue weighted by atomic mass is 10.2. The zero-order valence-electron chi connectivity index (χ0n) is 11.2. The van der Waals surface area contributed by atoms with Gasteiger partial charge in [0.2, 0.25) is 0 Å². The van der Waals surface area contributed by atoms with E-state index in [1.807, 2.05) is 0 Å². The minimum atomic E-state index is -0.350. The van der Waals surface area contributed by atoms with E-state index < -0.39 is 0 Å². The minimum absolute atomic E-state index is 0.166. The minimum Gasteiger partial charge on any atom is -0.465 e. The molecule has 1 unspecified atom stereocenters. The number of methoxy groups -OCH3 is 1. The van der Waals surface area contributed by atoms with Gasteiger partial charge in [-0.2, -0.15) is 0 Å². The maximum Gasteiger partial charge on any atom is 0.349 e. The van der Waals surface area contributed by atoms with Gasteiger partial charge in [0.05, 0.1) is 26.0 Å². The monoisotopic (exact) mass is 285 g/mol. The first-order valence-electron chi connectivity index (χ1n) is 6.35. The number of rotatable bonds is 5. The number of esters is 1. The van der Waals surface area contributed by atoms with Crippen LogP contribution in [-0.4, -0.2) is 61.9 Å². The van der Waals surface area contributed by atoms with Gasteiger partial charge in [-0.25, -0.2) is 9.78 Å². The van der Waals surface area contributed by atoms with Crippen molar-refractivity contribution >= 4 is 22.4 Å². The predicted molar refractivity (Wildman–Crippen MR) is 73.8 cm³/mol. The lowest BCUT2D eigenvalue weighted by Crippen LogP contribution is -2.45. The van der Waals surface area contributed by atoms with Gasteiger partial charge in [-0.1, -0.05) is 18.3 Å². The van der Waals surface area contributed by atoms with Crippen molar-refractivity contribution in [2.75, 3.05) is 45.2 Å². The maximum atomic E-state index is 11.3. The molecule has 1 aromatic heterocycles. The van der Waals surface area contributed by atoms with Crippen LogP contribution in [0.2, 0.25) is 0 Å². The molecule has 19 heavy (non-hydrogen) atoms. The van der Waals surface area contributed by atoms with Gasteiger partial charge in [-0.15, -0.1) is 0 Å². The Hall–Kier alpha value is -1.18. The van der Waals surface area contributed by atoms with Crippen LogP contribution in [0.1, 0.15) is 16.6 Å². The first-order valence-corrected chi connectivity index (χ1v) is 7.16. The van der Waals surface area contributed by atoms with Gasteiger partial charge in [0, 0.05) is 19.6 Å². The number of carbonyl (C=O) groups is 1. The van der Waals surface area contributed by atoms with E-state index in [1.54, 1.807) is 0 Å². The molecule has 2 rings (SSSR count). The number of nitrogens with one attached hydrogen (secondary N) is 1. The largest absolute Gasteiger partial charge is 0.465 e. The second-order valence-corrected chi connectivity index (χ2v) is 5.32. The molecule has 2 heterocycles. The normalized spacial score (nSPS) is 20.2. The van der Waals surface area contributed by atoms with Crippen LogP contribution in [0.5, 0.6) is 0 Å². The molecule has 1 saturated heterocycles. The molecule has 6 nitrogen and oxygen atoms in total. The molecule has 106 valence electrons. The van der Waals surface area contributed by atoms with Crippen molar-refractivity contribution in [1.82, 2.24) is 9.88 Å². The Morgan fingerprint density at radius 3 is 3.32 bits per heavy atom. The van der Waals surface area contributed by atoms with Crippen molar-refractivity contribution in [1.29, 1.82) is 0 Å². The Kier molecular flexibility index (Phi) is 5.12. The Labute approximate surface area is 116 Å². The number of thiazole rings is 1. The fourth-order valence-corrected chi connectivity index (χ4v) is 2.68. The summed E-state index contributed by atoms with van der Waals surface area (Å²) in [5, 5.41) is 3.93. The van der Waals surface area contributed by atoms with Crippen LogP contribution in [0.3, 0.4) is 0 Å². The van der Waals surface area contributed by atoms with Crippen molar-refractivity contribution in [2.24, 2.45) is 0 Å². The molecular weight excluding hydrogens is 266 g/mol. The van der Waals surface area contributed by atoms with Gasteiger partial charge in [-0.3, -0.25) is 4.90 Å². The maximum absolute atomic E-state index is 11.3. The van der Waals surface area contributed by atoms with Gasteiger partial charge >= 0.3 is 5.97 Å². The number of anilines is 1. The molecule has 1 atom stereocenters. The lowest BCUT2D eigenvalue weighted by Gasteiger charge is -2.32. The third-order valence-electron chi connectivity index (χ3n) is 3.04. The molecule has 0 spiro atoms. The summed E-state index contributed by atoms with van der Waals surface area (Å²) in [4.78, 5) is 18.3. The highest BCUT2D eigenvalue weighted by Crippen LogP contribution is 2.19. The number of likely N-dealkylation sites (N-methyl/N-ethyl adjacent to an activating group) is 1. The van der Waals surface area contributed by atoms with Gasteiger partial charge in [0.1, 0.15) is 4.88 Å². The van der Waals surface area contributed by atoms with Gasteiger partial charge in [-0.05, 0) is 6.54 Å². The SMILES string of the molecule is CCN1CCOC(CNc2ncc(C(=O)OC)s2)C1. The van der Waals surface area contributed by atoms with Crippen molar-refractivity contribution in [3.05, 3.63) is 11.1 Å². The number of morpholine rings is 1. The third-order valence-corrected chi connectivity index (χ3v) is 3.98. The Morgan fingerprint density at radius 1 is 1.74 bits per heavy atom. The van der Waals surface area contributed by atoms with Crippen LogP contribution >= 0.6 is 11.3 Å². The van der Waals surface area contributed by atoms with E-state index in [2.05, 4.69) is 26.9 Å². The van der Waals surface area contributed by atoms with Crippen LogP contribution in [0, 0.1) is 0 Å². The summed E-state index contributed by atoms with van der Waals surface area (Å²) in [5.41, 5.74) is 0. The Bertz CT molecular complexity index is 424.